The summed E-state index contributed by atoms with van der Waals surface area (Å²) in [6.07, 6.45) is 4.93. The first-order chi connectivity index (χ1) is 8.72. The normalized spacial score (nSPS) is 12.4. The molecular formula is C13H13ClFN3. The van der Waals surface area contributed by atoms with E-state index in [9.17, 15) is 4.39 Å². The van der Waals surface area contributed by atoms with Gasteiger partial charge in [-0.1, -0.05) is 24.6 Å². The molecule has 0 saturated heterocycles. The molecule has 3 nitrogen and oxygen atoms in total. The largest absolute Gasteiger partial charge is 0.305 e. The van der Waals surface area contributed by atoms with E-state index in [1.807, 2.05) is 6.92 Å². The van der Waals surface area contributed by atoms with E-state index >= 15 is 0 Å². The van der Waals surface area contributed by atoms with E-state index in [0.717, 1.165) is 17.8 Å². The van der Waals surface area contributed by atoms with Crippen LogP contribution >= 0.6 is 11.6 Å². The topological polar surface area (TPSA) is 37.8 Å². The summed E-state index contributed by atoms with van der Waals surface area (Å²) in [5.74, 6) is -0.421. The van der Waals surface area contributed by atoms with Gasteiger partial charge < -0.3 is 5.32 Å². The van der Waals surface area contributed by atoms with Gasteiger partial charge in [0.1, 0.15) is 5.82 Å². The molecule has 1 atom stereocenters. The molecule has 0 bridgehead atoms. The van der Waals surface area contributed by atoms with E-state index < -0.39 is 5.82 Å². The van der Waals surface area contributed by atoms with Crippen LogP contribution in [0.25, 0.3) is 0 Å². The molecule has 1 aromatic heterocycles. The number of rotatable bonds is 4. The number of nitrogens with one attached hydrogen (secondary N) is 1. The van der Waals surface area contributed by atoms with Crippen molar-refractivity contribution >= 4 is 11.6 Å². The zero-order valence-corrected chi connectivity index (χ0v) is 10.7. The first kappa shape index (κ1) is 12.9. The number of nitrogens with zero attached hydrogens (tertiary/aromatic N) is 2. The maximum absolute atomic E-state index is 13.2. The lowest BCUT2D eigenvalue weighted by Gasteiger charge is -2.17. The van der Waals surface area contributed by atoms with Crippen molar-refractivity contribution in [1.82, 2.24) is 15.3 Å². The molecule has 18 heavy (non-hydrogen) atoms. The minimum absolute atomic E-state index is 0.110. The molecule has 0 aliphatic heterocycles. The third-order valence-corrected chi connectivity index (χ3v) is 2.85. The maximum atomic E-state index is 13.2. The number of halogens is 2. The first-order valence-corrected chi connectivity index (χ1v) is 6.04. The molecule has 1 unspecified atom stereocenters. The first-order valence-electron chi connectivity index (χ1n) is 5.66. The predicted molar refractivity (Wildman–Crippen MR) is 69.0 cm³/mol. The van der Waals surface area contributed by atoms with Crippen LogP contribution in [0.5, 0.6) is 0 Å². The van der Waals surface area contributed by atoms with Crippen LogP contribution in [0.3, 0.4) is 0 Å². The van der Waals surface area contributed by atoms with Crippen LogP contribution in [0.1, 0.15) is 24.2 Å². The Bertz CT molecular complexity index is 519. The Balaban J connectivity index is 2.38. The Kier molecular flexibility index (Phi) is 4.23. The molecule has 0 spiro atoms. The smallest absolute Gasteiger partial charge is 0.141 e. The van der Waals surface area contributed by atoms with Crippen molar-refractivity contribution in [3.8, 4) is 0 Å². The van der Waals surface area contributed by atoms with Crippen molar-refractivity contribution in [3.05, 3.63) is 58.9 Å². The summed E-state index contributed by atoms with van der Waals surface area (Å²) >= 11 is 5.81. The lowest BCUT2D eigenvalue weighted by molar-refractivity contribution is 0.603. The fourth-order valence-electron chi connectivity index (χ4n) is 1.75. The molecule has 0 aliphatic rings. The van der Waals surface area contributed by atoms with Crippen LogP contribution in [-0.2, 0) is 0 Å². The van der Waals surface area contributed by atoms with Crippen LogP contribution < -0.4 is 5.32 Å². The Hall–Kier alpha value is -1.52. The van der Waals surface area contributed by atoms with E-state index in [0.29, 0.717) is 0 Å². The Morgan fingerprint density at radius 3 is 2.83 bits per heavy atom. The molecule has 2 aromatic rings. The van der Waals surface area contributed by atoms with Gasteiger partial charge in [0.05, 0.1) is 23.0 Å². The molecule has 1 N–H and O–H groups in total. The van der Waals surface area contributed by atoms with Gasteiger partial charge >= 0.3 is 0 Å². The lowest BCUT2D eigenvalue weighted by atomic mass is 10.0. The number of benzene rings is 1. The summed E-state index contributed by atoms with van der Waals surface area (Å²) in [5.41, 5.74) is 1.64. The van der Waals surface area contributed by atoms with Gasteiger partial charge in [-0.25, -0.2) is 4.39 Å². The van der Waals surface area contributed by atoms with Crippen molar-refractivity contribution < 1.29 is 4.39 Å². The summed E-state index contributed by atoms with van der Waals surface area (Å²) < 4.78 is 13.2. The Morgan fingerprint density at radius 2 is 2.22 bits per heavy atom. The molecule has 0 aliphatic carbocycles. The quantitative estimate of drug-likeness (QED) is 0.924. The van der Waals surface area contributed by atoms with Gasteiger partial charge in [0.15, 0.2) is 0 Å². The fraction of sp³-hybridized carbons (Fsp3) is 0.231. The minimum Gasteiger partial charge on any atom is -0.305 e. The molecule has 0 amide bonds. The summed E-state index contributed by atoms with van der Waals surface area (Å²) in [6, 6.07) is 4.53. The van der Waals surface area contributed by atoms with Gasteiger partial charge in [-0.2, -0.15) is 0 Å². The molecule has 0 fully saturated rings. The van der Waals surface area contributed by atoms with Gasteiger partial charge in [0, 0.05) is 12.4 Å². The molecule has 0 saturated carbocycles. The second-order valence-electron chi connectivity index (χ2n) is 3.79. The third kappa shape index (κ3) is 2.83. The predicted octanol–water partition coefficient (Wildman–Crippen LogP) is 2.97. The van der Waals surface area contributed by atoms with E-state index in [1.54, 1.807) is 30.7 Å². The standard InChI is InChI=1S/C13H13ClFN3/c1-2-17-13(12-8-16-5-6-18-12)9-3-4-11(15)10(14)7-9/h3-8,13,17H,2H2,1H3. The second-order valence-corrected chi connectivity index (χ2v) is 4.20. The van der Waals surface area contributed by atoms with Gasteiger partial charge in [-0.3, -0.25) is 9.97 Å². The van der Waals surface area contributed by atoms with Crippen LogP contribution in [0.15, 0.2) is 36.8 Å². The molecule has 2 rings (SSSR count). The number of aromatic nitrogens is 2. The molecule has 1 aromatic carbocycles. The van der Waals surface area contributed by atoms with E-state index in [-0.39, 0.29) is 11.1 Å². The van der Waals surface area contributed by atoms with E-state index in [2.05, 4.69) is 15.3 Å². The molecule has 0 radical (unpaired) electrons. The highest BCUT2D eigenvalue weighted by atomic mass is 35.5. The van der Waals surface area contributed by atoms with Crippen LogP contribution in [-0.4, -0.2) is 16.5 Å². The van der Waals surface area contributed by atoms with Gasteiger partial charge in [0.25, 0.3) is 0 Å². The zero-order chi connectivity index (χ0) is 13.0. The van der Waals surface area contributed by atoms with Gasteiger partial charge in [-0.15, -0.1) is 0 Å². The van der Waals surface area contributed by atoms with Gasteiger partial charge in [0.2, 0.25) is 0 Å². The Labute approximate surface area is 110 Å². The van der Waals surface area contributed by atoms with Crippen molar-refractivity contribution in [2.24, 2.45) is 0 Å². The van der Waals surface area contributed by atoms with Crippen molar-refractivity contribution in [3.63, 3.8) is 0 Å². The van der Waals surface area contributed by atoms with Crippen molar-refractivity contribution in [1.29, 1.82) is 0 Å². The number of hydrogen-bond donors (Lipinski definition) is 1. The highest BCUT2D eigenvalue weighted by Crippen LogP contribution is 2.24. The second kappa shape index (κ2) is 5.89. The average molecular weight is 266 g/mol. The number of hydrogen-bond acceptors (Lipinski definition) is 3. The molecule has 1 heterocycles. The fourth-order valence-corrected chi connectivity index (χ4v) is 1.94. The Morgan fingerprint density at radius 1 is 1.39 bits per heavy atom. The summed E-state index contributed by atoms with van der Waals surface area (Å²) in [7, 11) is 0. The van der Waals surface area contributed by atoms with Crippen molar-refractivity contribution in [2.75, 3.05) is 6.54 Å². The molecule has 94 valence electrons. The zero-order valence-electron chi connectivity index (χ0n) is 9.90. The summed E-state index contributed by atoms with van der Waals surface area (Å²) in [5, 5.41) is 3.39. The van der Waals surface area contributed by atoms with Crippen molar-refractivity contribution in [2.45, 2.75) is 13.0 Å². The lowest BCUT2D eigenvalue weighted by Crippen LogP contribution is -2.23. The summed E-state index contributed by atoms with van der Waals surface area (Å²) in [4.78, 5) is 8.31. The minimum atomic E-state index is -0.421. The van der Waals surface area contributed by atoms with Gasteiger partial charge in [-0.05, 0) is 24.2 Å². The van der Waals surface area contributed by atoms with Crippen LogP contribution in [0.2, 0.25) is 5.02 Å². The van der Waals surface area contributed by atoms with E-state index in [1.165, 1.54) is 6.07 Å². The highest BCUT2D eigenvalue weighted by Gasteiger charge is 2.15. The van der Waals surface area contributed by atoms with Crippen LogP contribution in [0.4, 0.5) is 4.39 Å². The highest BCUT2D eigenvalue weighted by molar-refractivity contribution is 6.30. The van der Waals surface area contributed by atoms with Crippen LogP contribution in [0, 0.1) is 5.82 Å². The van der Waals surface area contributed by atoms with E-state index in [4.69, 9.17) is 11.6 Å². The summed E-state index contributed by atoms with van der Waals surface area (Å²) in [6.45, 7) is 2.75. The average Bonchev–Trinajstić information content (AvgIpc) is 2.40. The third-order valence-electron chi connectivity index (χ3n) is 2.56. The monoisotopic (exact) mass is 265 g/mol. The maximum Gasteiger partial charge on any atom is 0.141 e. The molecule has 5 heteroatoms. The SMILES string of the molecule is CCNC(c1ccc(F)c(Cl)c1)c1cnccn1. The molecular weight excluding hydrogens is 253 g/mol.